The maximum Gasteiger partial charge on any atom is 0.232 e. The van der Waals surface area contributed by atoms with E-state index in [0.717, 1.165) is 44.2 Å². The highest BCUT2D eigenvalue weighted by molar-refractivity contribution is 7.80. The number of nitrogens with one attached hydrogen (secondary N) is 2. The number of hydrogen-bond acceptors (Lipinski definition) is 5. The molecule has 6 nitrogen and oxygen atoms in total. The third-order valence-corrected chi connectivity index (χ3v) is 7.23. The Bertz CT molecular complexity index is 1170. The van der Waals surface area contributed by atoms with Crippen molar-refractivity contribution in [3.05, 3.63) is 77.4 Å². The van der Waals surface area contributed by atoms with Gasteiger partial charge in [0.2, 0.25) is 5.95 Å². The molecular weight excluding hydrogens is 452 g/mol. The zero-order valence-electron chi connectivity index (χ0n) is 20.6. The highest BCUT2D eigenvalue weighted by Crippen LogP contribution is 2.29. The van der Waals surface area contributed by atoms with Gasteiger partial charge in [-0.2, -0.15) is 9.97 Å². The van der Waals surface area contributed by atoms with Gasteiger partial charge < -0.3 is 20.4 Å². The van der Waals surface area contributed by atoms with E-state index in [0.29, 0.717) is 17.0 Å². The average Bonchev–Trinajstić information content (AvgIpc) is 2.88. The predicted molar refractivity (Wildman–Crippen MR) is 148 cm³/mol. The summed E-state index contributed by atoms with van der Waals surface area (Å²) in [4.78, 5) is 14.6. The second kappa shape index (κ2) is 10.6. The second-order valence-corrected chi connectivity index (χ2v) is 10.2. The number of thiocarbonyl (C=S) groups is 1. The van der Waals surface area contributed by atoms with Gasteiger partial charge in [-0.15, -0.1) is 0 Å². The molecule has 35 heavy (non-hydrogen) atoms. The van der Waals surface area contributed by atoms with Gasteiger partial charge in [-0.1, -0.05) is 61.5 Å². The normalized spacial score (nSPS) is 18.5. The third-order valence-electron chi connectivity index (χ3n) is 7.01. The summed E-state index contributed by atoms with van der Waals surface area (Å²) in [5.41, 5.74) is 3.98. The van der Waals surface area contributed by atoms with E-state index >= 15 is 0 Å². The lowest BCUT2D eigenvalue weighted by atomic mass is 10.00. The van der Waals surface area contributed by atoms with Crippen molar-refractivity contribution in [1.82, 2.24) is 15.3 Å². The standard InChI is InChI=1S/C28H34N6S/c1-20-9-8-15-33(18-20)25-17-26(34-16-14-23-12-6-7-13-24(23)19-34)31-27(30-25)32-28(35)29-21(2)22-10-4-3-5-11-22/h3-7,10-13,17,20-21H,8-9,14-16,18-19H2,1-2H3,(H2,29,30,31,32,35). The first-order valence-electron chi connectivity index (χ1n) is 12.6. The molecule has 1 aromatic heterocycles. The van der Waals surface area contributed by atoms with Crippen LogP contribution in [0.1, 0.15) is 49.4 Å². The fourth-order valence-electron chi connectivity index (χ4n) is 5.05. The minimum absolute atomic E-state index is 0.0837. The quantitative estimate of drug-likeness (QED) is 0.473. The molecule has 0 aliphatic carbocycles. The van der Waals surface area contributed by atoms with Gasteiger partial charge in [0, 0.05) is 32.2 Å². The van der Waals surface area contributed by atoms with Gasteiger partial charge >= 0.3 is 0 Å². The molecule has 2 aliphatic rings. The molecule has 0 saturated carbocycles. The second-order valence-electron chi connectivity index (χ2n) is 9.77. The molecule has 2 N–H and O–H groups in total. The molecule has 7 heteroatoms. The number of nitrogens with zero attached hydrogens (tertiary/aromatic N) is 4. The molecule has 182 valence electrons. The van der Waals surface area contributed by atoms with Crippen LogP contribution in [-0.2, 0) is 13.0 Å². The van der Waals surface area contributed by atoms with Crippen LogP contribution in [0.15, 0.2) is 60.7 Å². The van der Waals surface area contributed by atoms with Gasteiger partial charge in [0.15, 0.2) is 5.11 Å². The van der Waals surface area contributed by atoms with Crippen LogP contribution >= 0.6 is 12.2 Å². The largest absolute Gasteiger partial charge is 0.356 e. The van der Waals surface area contributed by atoms with Gasteiger partial charge in [-0.25, -0.2) is 0 Å². The first-order chi connectivity index (χ1) is 17.0. The maximum atomic E-state index is 5.65. The minimum Gasteiger partial charge on any atom is -0.356 e. The summed E-state index contributed by atoms with van der Waals surface area (Å²) in [6.07, 6.45) is 3.48. The Balaban J connectivity index is 1.38. The summed E-state index contributed by atoms with van der Waals surface area (Å²) in [7, 11) is 0. The van der Waals surface area contributed by atoms with E-state index in [1.54, 1.807) is 0 Å². The highest BCUT2D eigenvalue weighted by atomic mass is 32.1. The van der Waals surface area contributed by atoms with E-state index in [1.165, 1.54) is 29.5 Å². The summed E-state index contributed by atoms with van der Waals surface area (Å²) in [5.74, 6) is 3.13. The number of rotatable bonds is 5. The molecule has 0 spiro atoms. The zero-order valence-corrected chi connectivity index (χ0v) is 21.4. The van der Waals surface area contributed by atoms with Crippen molar-refractivity contribution in [3.63, 3.8) is 0 Å². The summed E-state index contributed by atoms with van der Waals surface area (Å²) in [6, 6.07) is 21.2. The Morgan fingerprint density at radius 2 is 1.69 bits per heavy atom. The van der Waals surface area contributed by atoms with Crippen molar-refractivity contribution in [3.8, 4) is 0 Å². The van der Waals surface area contributed by atoms with Crippen LogP contribution in [0.3, 0.4) is 0 Å². The molecule has 5 rings (SSSR count). The Morgan fingerprint density at radius 3 is 2.46 bits per heavy atom. The Morgan fingerprint density at radius 1 is 0.971 bits per heavy atom. The van der Waals surface area contributed by atoms with Gasteiger partial charge in [-0.3, -0.25) is 0 Å². The van der Waals surface area contributed by atoms with Crippen LogP contribution in [0.25, 0.3) is 0 Å². The number of hydrogen-bond donors (Lipinski definition) is 2. The van der Waals surface area contributed by atoms with Crippen molar-refractivity contribution in [1.29, 1.82) is 0 Å². The van der Waals surface area contributed by atoms with E-state index in [1.807, 2.05) is 18.2 Å². The summed E-state index contributed by atoms with van der Waals surface area (Å²) in [6.45, 7) is 8.27. The lowest BCUT2D eigenvalue weighted by Crippen LogP contribution is -2.36. The summed E-state index contributed by atoms with van der Waals surface area (Å²) in [5, 5.41) is 7.18. The van der Waals surface area contributed by atoms with Gasteiger partial charge in [0.25, 0.3) is 0 Å². The van der Waals surface area contributed by atoms with E-state index in [-0.39, 0.29) is 6.04 Å². The fourth-order valence-corrected chi connectivity index (χ4v) is 5.32. The molecule has 0 amide bonds. The smallest absolute Gasteiger partial charge is 0.232 e. The number of fused-ring (bicyclic) bond motifs is 1. The van der Waals surface area contributed by atoms with E-state index in [4.69, 9.17) is 22.2 Å². The lowest BCUT2D eigenvalue weighted by molar-refractivity contribution is 0.444. The molecule has 0 radical (unpaired) electrons. The van der Waals surface area contributed by atoms with Crippen LogP contribution in [0.5, 0.6) is 0 Å². The molecule has 1 saturated heterocycles. The van der Waals surface area contributed by atoms with Crippen molar-refractivity contribution < 1.29 is 0 Å². The first kappa shape index (κ1) is 23.5. The SMILES string of the molecule is CC1CCCN(c2cc(N3CCc4ccccc4C3)nc(NC(=S)NC(C)c3ccccc3)n2)C1. The van der Waals surface area contributed by atoms with E-state index in [2.05, 4.69) is 76.7 Å². The van der Waals surface area contributed by atoms with Crippen LogP contribution in [-0.4, -0.2) is 34.7 Å². The molecule has 2 unspecified atom stereocenters. The number of benzene rings is 2. The van der Waals surface area contributed by atoms with Crippen molar-refractivity contribution in [2.75, 3.05) is 34.8 Å². The van der Waals surface area contributed by atoms with Crippen molar-refractivity contribution >= 4 is 34.9 Å². The van der Waals surface area contributed by atoms with Crippen molar-refractivity contribution in [2.24, 2.45) is 5.92 Å². The Kier molecular flexibility index (Phi) is 7.13. The zero-order chi connectivity index (χ0) is 24.2. The monoisotopic (exact) mass is 486 g/mol. The highest BCUT2D eigenvalue weighted by Gasteiger charge is 2.23. The van der Waals surface area contributed by atoms with Gasteiger partial charge in [-0.05, 0) is 61.0 Å². The molecule has 2 atom stereocenters. The Hall–Kier alpha value is -3.19. The molecule has 3 aromatic rings. The van der Waals surface area contributed by atoms with Crippen LogP contribution < -0.4 is 20.4 Å². The topological polar surface area (TPSA) is 56.3 Å². The molecular formula is C28H34N6S. The summed E-state index contributed by atoms with van der Waals surface area (Å²) < 4.78 is 0. The predicted octanol–water partition coefficient (Wildman–Crippen LogP) is 5.32. The molecule has 2 aromatic carbocycles. The molecule has 1 fully saturated rings. The van der Waals surface area contributed by atoms with Gasteiger partial charge in [0.05, 0.1) is 6.04 Å². The molecule has 3 heterocycles. The van der Waals surface area contributed by atoms with Crippen LogP contribution in [0.4, 0.5) is 17.6 Å². The van der Waals surface area contributed by atoms with Gasteiger partial charge in [0.1, 0.15) is 11.6 Å². The van der Waals surface area contributed by atoms with E-state index < -0.39 is 0 Å². The number of anilines is 3. The van der Waals surface area contributed by atoms with Crippen molar-refractivity contribution in [2.45, 2.75) is 45.7 Å². The molecule has 0 bridgehead atoms. The van der Waals surface area contributed by atoms with E-state index in [9.17, 15) is 0 Å². The lowest BCUT2D eigenvalue weighted by Gasteiger charge is -2.34. The summed E-state index contributed by atoms with van der Waals surface area (Å²) >= 11 is 5.65. The molecule has 2 aliphatic heterocycles. The average molecular weight is 487 g/mol. The third kappa shape index (κ3) is 5.73. The number of aromatic nitrogens is 2. The minimum atomic E-state index is 0.0837. The number of piperidine rings is 1. The maximum absolute atomic E-state index is 5.65. The van der Waals surface area contributed by atoms with Crippen LogP contribution in [0.2, 0.25) is 0 Å². The fraction of sp³-hybridized carbons (Fsp3) is 0.393. The first-order valence-corrected chi connectivity index (χ1v) is 13.0. The van der Waals surface area contributed by atoms with Crippen LogP contribution in [0, 0.1) is 5.92 Å². The Labute approximate surface area is 213 Å².